The summed E-state index contributed by atoms with van der Waals surface area (Å²) in [6.45, 7) is 2.26. The number of hydrogen-bond acceptors (Lipinski definition) is 3. The molecular formula is C12H14N2O2S. The normalized spacial score (nSPS) is 20.8. The molecule has 1 amide bonds. The molecule has 1 aliphatic rings. The van der Waals surface area contributed by atoms with Crippen LogP contribution in [0, 0.1) is 5.21 Å². The lowest BCUT2D eigenvalue weighted by Crippen LogP contribution is -3.02. The van der Waals surface area contributed by atoms with Gasteiger partial charge in [0.2, 0.25) is 0 Å². The summed E-state index contributed by atoms with van der Waals surface area (Å²) in [4.78, 5) is 13.0. The summed E-state index contributed by atoms with van der Waals surface area (Å²) in [6, 6.07) is 3.94. The van der Waals surface area contributed by atoms with Gasteiger partial charge in [-0.05, 0) is 24.4 Å². The summed E-state index contributed by atoms with van der Waals surface area (Å²) >= 11 is 1.61. The zero-order chi connectivity index (χ0) is 12.3. The smallest absolute Gasteiger partial charge is 0.251 e. The van der Waals surface area contributed by atoms with Gasteiger partial charge in [-0.1, -0.05) is 6.07 Å². The van der Waals surface area contributed by atoms with Crippen LogP contribution in [0.25, 0.3) is 0 Å². The Labute approximate surface area is 104 Å². The molecule has 2 N–H and O–H groups in total. The fraction of sp³-hybridized carbons (Fsp3) is 0.250. The highest BCUT2D eigenvalue weighted by molar-refractivity contribution is 7.10. The monoisotopic (exact) mass is 250 g/mol. The molecule has 2 heterocycles. The first-order valence-corrected chi connectivity index (χ1v) is 6.30. The predicted molar refractivity (Wildman–Crippen MR) is 67.3 cm³/mol. The Kier molecular flexibility index (Phi) is 3.73. The van der Waals surface area contributed by atoms with E-state index in [1.165, 1.54) is 6.20 Å². The van der Waals surface area contributed by atoms with Crippen molar-refractivity contribution in [3.05, 3.63) is 51.5 Å². The van der Waals surface area contributed by atoms with E-state index >= 15 is 0 Å². The molecule has 2 rings (SSSR count). The van der Waals surface area contributed by atoms with E-state index in [1.54, 1.807) is 23.5 Å². The van der Waals surface area contributed by atoms with Gasteiger partial charge in [-0.15, -0.1) is 11.3 Å². The van der Waals surface area contributed by atoms with Gasteiger partial charge < -0.3 is 15.6 Å². The Hall–Kier alpha value is -1.43. The molecule has 1 aromatic rings. The molecule has 90 valence electrons. The third-order valence-electron chi connectivity index (χ3n) is 2.55. The second-order valence-electron chi connectivity index (χ2n) is 3.87. The van der Waals surface area contributed by atoms with Crippen LogP contribution in [0.1, 0.15) is 17.8 Å². The molecule has 0 fully saturated rings. The van der Waals surface area contributed by atoms with Crippen LogP contribution in [-0.4, -0.2) is 12.5 Å². The van der Waals surface area contributed by atoms with E-state index in [1.807, 2.05) is 24.4 Å². The summed E-state index contributed by atoms with van der Waals surface area (Å²) < 4.78 is 0. The molecule has 1 aliphatic heterocycles. The molecule has 0 radical (unpaired) electrons. The summed E-state index contributed by atoms with van der Waals surface area (Å²) in [7, 11) is 0. The van der Waals surface area contributed by atoms with Crippen molar-refractivity contribution >= 4 is 17.2 Å². The molecular weight excluding hydrogens is 236 g/mol. The quantitative estimate of drug-likeness (QED) is 0.778. The number of nitrogens with one attached hydrogen (secondary N) is 2. The van der Waals surface area contributed by atoms with Crippen LogP contribution in [-0.2, 0) is 4.79 Å². The van der Waals surface area contributed by atoms with Gasteiger partial charge in [0.1, 0.15) is 6.54 Å². The Morgan fingerprint density at radius 2 is 2.47 bits per heavy atom. The first-order valence-electron chi connectivity index (χ1n) is 5.42. The first-order chi connectivity index (χ1) is 8.16. The number of hydroxylamine groups is 2. The second-order valence-corrected chi connectivity index (χ2v) is 4.85. The Morgan fingerprint density at radius 1 is 1.65 bits per heavy atom. The van der Waals surface area contributed by atoms with E-state index in [2.05, 4.69) is 5.32 Å². The van der Waals surface area contributed by atoms with Gasteiger partial charge >= 0.3 is 0 Å². The fourth-order valence-electron chi connectivity index (χ4n) is 1.59. The number of carbonyl (C=O) groups is 1. The Balaban J connectivity index is 1.96. The highest BCUT2D eigenvalue weighted by Gasteiger charge is 2.14. The van der Waals surface area contributed by atoms with Gasteiger partial charge in [-0.2, -0.15) is 0 Å². The van der Waals surface area contributed by atoms with Crippen molar-refractivity contribution in [1.29, 1.82) is 0 Å². The van der Waals surface area contributed by atoms with Gasteiger partial charge in [0.05, 0.1) is 12.2 Å². The average molecular weight is 250 g/mol. The van der Waals surface area contributed by atoms with Crippen molar-refractivity contribution in [3.8, 4) is 0 Å². The van der Waals surface area contributed by atoms with Crippen molar-refractivity contribution in [1.82, 2.24) is 5.32 Å². The van der Waals surface area contributed by atoms with E-state index in [0.717, 1.165) is 4.88 Å². The van der Waals surface area contributed by atoms with Crippen molar-refractivity contribution in [2.24, 2.45) is 0 Å². The molecule has 0 bridgehead atoms. The van der Waals surface area contributed by atoms with Crippen LogP contribution in [0.5, 0.6) is 0 Å². The maximum atomic E-state index is 11.9. The minimum absolute atomic E-state index is 0.00516. The zero-order valence-electron chi connectivity index (χ0n) is 9.47. The highest BCUT2D eigenvalue weighted by atomic mass is 32.1. The van der Waals surface area contributed by atoms with Crippen LogP contribution in [0.2, 0.25) is 0 Å². The van der Waals surface area contributed by atoms with Crippen molar-refractivity contribution in [2.75, 3.05) is 6.54 Å². The van der Waals surface area contributed by atoms with Crippen LogP contribution in [0.15, 0.2) is 41.4 Å². The molecule has 0 saturated heterocycles. The molecule has 0 aliphatic carbocycles. The van der Waals surface area contributed by atoms with Gasteiger partial charge in [0, 0.05) is 16.5 Å². The van der Waals surface area contributed by atoms with Crippen molar-refractivity contribution in [3.63, 3.8) is 0 Å². The van der Waals surface area contributed by atoms with E-state index < -0.39 is 0 Å². The van der Waals surface area contributed by atoms with E-state index in [9.17, 15) is 10.0 Å². The average Bonchev–Trinajstić information content (AvgIpc) is 2.83. The first kappa shape index (κ1) is 12.0. The molecule has 0 aromatic carbocycles. The standard InChI is InChI=1S/C12H14N2O2S/c1-9(11-3-2-8-17-11)13-12(15)10-4-6-14(16)7-5-10/h2-6,8-9,14H,7H2,1H3,(H,13,15). The maximum Gasteiger partial charge on any atom is 0.251 e. The molecule has 4 nitrogen and oxygen atoms in total. The Morgan fingerprint density at radius 3 is 3.06 bits per heavy atom. The van der Waals surface area contributed by atoms with Crippen LogP contribution in [0.4, 0.5) is 0 Å². The van der Waals surface area contributed by atoms with Gasteiger partial charge in [0.25, 0.3) is 5.91 Å². The van der Waals surface area contributed by atoms with E-state index in [-0.39, 0.29) is 17.0 Å². The van der Waals surface area contributed by atoms with E-state index in [0.29, 0.717) is 12.1 Å². The maximum absolute atomic E-state index is 11.9. The molecule has 5 heteroatoms. The number of rotatable bonds is 3. The largest absolute Gasteiger partial charge is 0.629 e. The number of hydrogen-bond donors (Lipinski definition) is 2. The van der Waals surface area contributed by atoms with Crippen molar-refractivity contribution < 1.29 is 9.86 Å². The summed E-state index contributed by atoms with van der Waals surface area (Å²) in [5.41, 5.74) is 0.563. The molecule has 17 heavy (non-hydrogen) atoms. The second kappa shape index (κ2) is 5.27. The van der Waals surface area contributed by atoms with E-state index in [4.69, 9.17) is 0 Å². The lowest BCUT2D eigenvalue weighted by molar-refractivity contribution is -0.784. The van der Waals surface area contributed by atoms with Crippen LogP contribution < -0.4 is 10.4 Å². The molecule has 2 unspecified atom stereocenters. The van der Waals surface area contributed by atoms with Crippen LogP contribution >= 0.6 is 11.3 Å². The van der Waals surface area contributed by atoms with Crippen LogP contribution in [0.3, 0.4) is 0 Å². The number of carbonyl (C=O) groups excluding carboxylic acids is 1. The number of amides is 1. The topological polar surface area (TPSA) is 56.6 Å². The van der Waals surface area contributed by atoms with Gasteiger partial charge in [0.15, 0.2) is 0 Å². The minimum Gasteiger partial charge on any atom is -0.629 e. The minimum atomic E-state index is -0.130. The summed E-state index contributed by atoms with van der Waals surface area (Å²) in [6.07, 6.45) is 4.69. The fourth-order valence-corrected chi connectivity index (χ4v) is 2.32. The Bertz CT molecular complexity index is 451. The van der Waals surface area contributed by atoms with Gasteiger partial charge in [-0.3, -0.25) is 4.79 Å². The lowest BCUT2D eigenvalue weighted by Gasteiger charge is -2.20. The third-order valence-corrected chi connectivity index (χ3v) is 3.61. The summed E-state index contributed by atoms with van der Waals surface area (Å²) in [5, 5.41) is 15.9. The molecule has 0 saturated carbocycles. The van der Waals surface area contributed by atoms with Crippen molar-refractivity contribution in [2.45, 2.75) is 13.0 Å². The van der Waals surface area contributed by atoms with Gasteiger partial charge in [-0.25, -0.2) is 0 Å². The highest BCUT2D eigenvalue weighted by Crippen LogP contribution is 2.18. The number of thiophene rings is 1. The molecule has 0 spiro atoms. The lowest BCUT2D eigenvalue weighted by atomic mass is 10.1. The molecule has 2 atom stereocenters. The number of quaternary nitrogens is 1. The SMILES string of the molecule is CC(NC(=O)C1=CC[NH+]([O-])C=C1)c1cccs1. The predicted octanol–water partition coefficient (Wildman–Crippen LogP) is 0.762. The zero-order valence-corrected chi connectivity index (χ0v) is 10.3. The third kappa shape index (κ3) is 3.03. The molecule has 1 aromatic heterocycles. The summed E-state index contributed by atoms with van der Waals surface area (Å²) in [5.74, 6) is -0.130.